The predicted molar refractivity (Wildman–Crippen MR) is 80.2 cm³/mol. The second-order valence-electron chi connectivity index (χ2n) is 6.22. The molecular formula is C17H25NO2. The van der Waals surface area contributed by atoms with E-state index in [1.165, 1.54) is 25.7 Å². The Morgan fingerprint density at radius 1 is 1.10 bits per heavy atom. The zero-order chi connectivity index (χ0) is 14.0. The minimum Gasteiger partial charge on any atom is -0.493 e. The van der Waals surface area contributed by atoms with E-state index in [2.05, 4.69) is 6.07 Å². The summed E-state index contributed by atoms with van der Waals surface area (Å²) in [5.41, 5.74) is 7.60. The highest BCUT2D eigenvalue weighted by atomic mass is 16.5. The average Bonchev–Trinajstić information content (AvgIpc) is 2.43. The average molecular weight is 275 g/mol. The van der Waals surface area contributed by atoms with E-state index in [0.29, 0.717) is 6.10 Å². The summed E-state index contributed by atoms with van der Waals surface area (Å²) in [7, 11) is 1.71. The molecule has 3 nitrogen and oxygen atoms in total. The molecule has 1 aromatic rings. The minimum atomic E-state index is -0.244. The van der Waals surface area contributed by atoms with Crippen molar-refractivity contribution in [3.05, 3.63) is 23.8 Å². The van der Waals surface area contributed by atoms with Crippen LogP contribution in [0.5, 0.6) is 11.5 Å². The van der Waals surface area contributed by atoms with E-state index >= 15 is 0 Å². The first-order valence-corrected chi connectivity index (χ1v) is 7.86. The van der Waals surface area contributed by atoms with Gasteiger partial charge in [-0.25, -0.2) is 0 Å². The van der Waals surface area contributed by atoms with E-state index in [1.54, 1.807) is 7.11 Å². The summed E-state index contributed by atoms with van der Waals surface area (Å²) in [5, 5.41) is 0. The molecule has 0 atom stereocenters. The van der Waals surface area contributed by atoms with Gasteiger partial charge in [-0.15, -0.1) is 0 Å². The number of nitrogens with two attached hydrogens (primary N) is 1. The van der Waals surface area contributed by atoms with E-state index in [4.69, 9.17) is 15.2 Å². The lowest BCUT2D eigenvalue weighted by Gasteiger charge is -2.37. The van der Waals surface area contributed by atoms with E-state index in [-0.39, 0.29) is 5.54 Å². The zero-order valence-corrected chi connectivity index (χ0v) is 12.4. The molecule has 0 aromatic heterocycles. The molecule has 2 aliphatic rings. The Bertz CT molecular complexity index is 462. The van der Waals surface area contributed by atoms with Crippen molar-refractivity contribution in [1.29, 1.82) is 0 Å². The molecule has 0 unspecified atom stereocenters. The van der Waals surface area contributed by atoms with Crippen LogP contribution in [0.1, 0.15) is 56.9 Å². The van der Waals surface area contributed by atoms with Crippen LogP contribution in [0.25, 0.3) is 0 Å². The summed E-state index contributed by atoms with van der Waals surface area (Å²) < 4.78 is 11.7. The fraction of sp³-hybridized carbons (Fsp3) is 0.647. The van der Waals surface area contributed by atoms with E-state index in [9.17, 15) is 0 Å². The molecular weight excluding hydrogens is 250 g/mol. The first-order chi connectivity index (χ1) is 9.73. The van der Waals surface area contributed by atoms with Crippen LogP contribution >= 0.6 is 0 Å². The quantitative estimate of drug-likeness (QED) is 0.910. The summed E-state index contributed by atoms with van der Waals surface area (Å²) in [4.78, 5) is 0. The molecule has 110 valence electrons. The van der Waals surface area contributed by atoms with Crippen molar-refractivity contribution >= 4 is 0 Å². The molecule has 0 amide bonds. The van der Waals surface area contributed by atoms with Crippen LogP contribution in [-0.2, 0) is 5.54 Å². The maximum atomic E-state index is 6.70. The number of benzene rings is 1. The van der Waals surface area contributed by atoms with Crippen molar-refractivity contribution in [3.63, 3.8) is 0 Å². The number of hydrogen-bond donors (Lipinski definition) is 1. The van der Waals surface area contributed by atoms with Gasteiger partial charge >= 0.3 is 0 Å². The van der Waals surface area contributed by atoms with Gasteiger partial charge in [-0.3, -0.25) is 0 Å². The maximum Gasteiger partial charge on any atom is 0.166 e. The van der Waals surface area contributed by atoms with Gasteiger partial charge in [0.1, 0.15) is 0 Å². The Kier molecular flexibility index (Phi) is 3.88. The number of rotatable bonds is 4. The van der Waals surface area contributed by atoms with Gasteiger partial charge in [0.15, 0.2) is 11.5 Å². The van der Waals surface area contributed by atoms with Gasteiger partial charge in [0.05, 0.1) is 13.2 Å². The smallest absolute Gasteiger partial charge is 0.166 e. The van der Waals surface area contributed by atoms with E-state index in [0.717, 1.165) is 42.7 Å². The van der Waals surface area contributed by atoms with Crippen molar-refractivity contribution in [2.45, 2.75) is 63.0 Å². The lowest BCUT2D eigenvalue weighted by atomic mass is 9.77. The van der Waals surface area contributed by atoms with Gasteiger partial charge in [-0.05, 0) is 38.2 Å². The molecule has 3 rings (SSSR count). The molecule has 0 bridgehead atoms. The summed E-state index contributed by atoms with van der Waals surface area (Å²) in [6, 6.07) is 6.14. The highest BCUT2D eigenvalue weighted by Crippen LogP contribution is 2.44. The first kappa shape index (κ1) is 13.7. The van der Waals surface area contributed by atoms with Crippen LogP contribution in [0.15, 0.2) is 18.2 Å². The summed E-state index contributed by atoms with van der Waals surface area (Å²) in [6.07, 6.45) is 9.70. The van der Waals surface area contributed by atoms with Gasteiger partial charge in [-0.2, -0.15) is 0 Å². The Labute approximate surface area is 121 Å². The third-order valence-corrected chi connectivity index (χ3v) is 4.82. The number of ether oxygens (including phenoxy) is 2. The Hall–Kier alpha value is -1.22. The maximum absolute atomic E-state index is 6.70. The van der Waals surface area contributed by atoms with E-state index in [1.807, 2.05) is 12.1 Å². The molecule has 0 radical (unpaired) electrons. The van der Waals surface area contributed by atoms with Gasteiger partial charge in [0.2, 0.25) is 0 Å². The minimum absolute atomic E-state index is 0.244. The molecule has 0 saturated heterocycles. The van der Waals surface area contributed by atoms with Crippen LogP contribution in [-0.4, -0.2) is 13.2 Å². The largest absolute Gasteiger partial charge is 0.493 e. The van der Waals surface area contributed by atoms with Gasteiger partial charge in [0, 0.05) is 11.1 Å². The monoisotopic (exact) mass is 275 g/mol. The third kappa shape index (κ3) is 2.51. The standard InChI is InChI=1S/C17H25NO2/c1-19-15-10-6-9-14(16(15)20-13-7-5-8-13)17(18)11-3-2-4-12-17/h6,9-10,13H,2-5,7-8,11-12,18H2,1H3. The highest BCUT2D eigenvalue weighted by molar-refractivity contribution is 5.50. The number of methoxy groups -OCH3 is 1. The van der Waals surface area contributed by atoms with Crippen molar-refractivity contribution in [2.24, 2.45) is 5.73 Å². The molecule has 3 heteroatoms. The normalized spacial score (nSPS) is 22.1. The number of hydrogen-bond acceptors (Lipinski definition) is 3. The van der Waals surface area contributed by atoms with Gasteiger partial charge in [-0.1, -0.05) is 31.4 Å². The molecule has 0 spiro atoms. The first-order valence-electron chi connectivity index (χ1n) is 7.86. The summed E-state index contributed by atoms with van der Waals surface area (Å²) >= 11 is 0. The fourth-order valence-corrected chi connectivity index (χ4v) is 3.30. The van der Waals surface area contributed by atoms with Crippen molar-refractivity contribution in [1.82, 2.24) is 0 Å². The Morgan fingerprint density at radius 3 is 2.45 bits per heavy atom. The summed E-state index contributed by atoms with van der Waals surface area (Å²) in [5.74, 6) is 1.72. The van der Waals surface area contributed by atoms with Crippen molar-refractivity contribution < 1.29 is 9.47 Å². The van der Waals surface area contributed by atoms with Crippen LogP contribution < -0.4 is 15.2 Å². The molecule has 2 aliphatic carbocycles. The molecule has 2 fully saturated rings. The van der Waals surface area contributed by atoms with E-state index < -0.39 is 0 Å². The molecule has 0 aliphatic heterocycles. The second kappa shape index (κ2) is 5.65. The molecule has 2 N–H and O–H groups in total. The third-order valence-electron chi connectivity index (χ3n) is 4.82. The van der Waals surface area contributed by atoms with Crippen LogP contribution in [0, 0.1) is 0 Å². The van der Waals surface area contributed by atoms with Gasteiger partial charge < -0.3 is 15.2 Å². The molecule has 20 heavy (non-hydrogen) atoms. The summed E-state index contributed by atoms with van der Waals surface area (Å²) in [6.45, 7) is 0. The SMILES string of the molecule is COc1cccc(C2(N)CCCCC2)c1OC1CCC1. The predicted octanol–water partition coefficient (Wildman–Crippen LogP) is 3.74. The lowest BCUT2D eigenvalue weighted by molar-refractivity contribution is 0.111. The lowest BCUT2D eigenvalue weighted by Crippen LogP contribution is -2.39. The topological polar surface area (TPSA) is 44.5 Å². The molecule has 2 saturated carbocycles. The highest BCUT2D eigenvalue weighted by Gasteiger charge is 2.34. The van der Waals surface area contributed by atoms with Crippen LogP contribution in [0.2, 0.25) is 0 Å². The second-order valence-corrected chi connectivity index (χ2v) is 6.22. The van der Waals surface area contributed by atoms with Gasteiger partial charge in [0.25, 0.3) is 0 Å². The van der Waals surface area contributed by atoms with Crippen LogP contribution in [0.3, 0.4) is 0 Å². The Balaban J connectivity index is 1.95. The molecule has 0 heterocycles. The zero-order valence-electron chi connectivity index (χ0n) is 12.4. The fourth-order valence-electron chi connectivity index (χ4n) is 3.30. The number of para-hydroxylation sites is 1. The van der Waals surface area contributed by atoms with Crippen molar-refractivity contribution in [2.75, 3.05) is 7.11 Å². The molecule has 1 aromatic carbocycles. The van der Waals surface area contributed by atoms with Crippen molar-refractivity contribution in [3.8, 4) is 11.5 Å². The Morgan fingerprint density at radius 2 is 1.85 bits per heavy atom. The van der Waals surface area contributed by atoms with Crippen LogP contribution in [0.4, 0.5) is 0 Å².